The average Bonchev–Trinajstić information content (AvgIpc) is 2.29. The predicted molar refractivity (Wildman–Crippen MR) is 55.7 cm³/mol. The van der Waals surface area contributed by atoms with Crippen molar-refractivity contribution >= 4 is 28.3 Å². The Morgan fingerprint density at radius 2 is 2.23 bits per heavy atom. The second kappa shape index (κ2) is 4.54. The van der Waals surface area contributed by atoms with Crippen molar-refractivity contribution in [1.29, 1.82) is 0 Å². The fraction of sp³-hybridized carbons (Fsp3) is 0.857. The second-order valence-corrected chi connectivity index (χ2v) is 6.85. The summed E-state index contributed by atoms with van der Waals surface area (Å²) in [5.41, 5.74) is 0. The number of hydrogen-bond donors (Lipinski definition) is 3. The summed E-state index contributed by atoms with van der Waals surface area (Å²) in [7, 11) is -2.31. The summed E-state index contributed by atoms with van der Waals surface area (Å²) in [6.07, 6.45) is 0.951. The molecule has 6 heteroatoms. The van der Waals surface area contributed by atoms with E-state index in [2.05, 4.69) is 0 Å². The van der Waals surface area contributed by atoms with Crippen molar-refractivity contribution in [2.75, 3.05) is 17.3 Å². The Labute approximate surface area is 83.1 Å². The zero-order valence-corrected chi connectivity index (χ0v) is 8.81. The van der Waals surface area contributed by atoms with Gasteiger partial charge in [0.2, 0.25) is 0 Å². The highest BCUT2D eigenvalue weighted by Crippen LogP contribution is 2.49. The van der Waals surface area contributed by atoms with Crippen LogP contribution in [0.4, 0.5) is 0 Å². The van der Waals surface area contributed by atoms with Gasteiger partial charge in [0.05, 0.1) is 6.42 Å². The molecular weight excluding hydrogens is 212 g/mol. The molecule has 0 aromatic rings. The first-order valence-electron chi connectivity index (χ1n) is 4.06. The van der Waals surface area contributed by atoms with Crippen LogP contribution in [0.3, 0.4) is 0 Å². The summed E-state index contributed by atoms with van der Waals surface area (Å²) in [5.74, 6) is 0.696. The monoisotopic (exact) mass is 226 g/mol. The van der Waals surface area contributed by atoms with Crippen molar-refractivity contribution in [2.24, 2.45) is 0 Å². The van der Waals surface area contributed by atoms with Crippen molar-refractivity contribution in [1.82, 2.24) is 0 Å². The van der Waals surface area contributed by atoms with Crippen LogP contribution in [0.1, 0.15) is 12.8 Å². The number of carboxylic acids is 1. The van der Waals surface area contributed by atoms with Gasteiger partial charge >= 0.3 is 5.97 Å². The van der Waals surface area contributed by atoms with E-state index in [1.807, 2.05) is 0 Å². The van der Waals surface area contributed by atoms with Crippen molar-refractivity contribution in [2.45, 2.75) is 18.1 Å². The average molecular weight is 226 g/mol. The summed E-state index contributed by atoms with van der Waals surface area (Å²) < 4.78 is 18.6. The highest BCUT2D eigenvalue weighted by molar-refractivity contribution is 8.25. The third-order valence-corrected chi connectivity index (χ3v) is 5.24. The molecule has 78 valence electrons. The SMILES string of the molecule is O=C(O)CCS[C@@H]1CCS(O)(O)C1. The van der Waals surface area contributed by atoms with Crippen LogP contribution in [0.25, 0.3) is 0 Å². The van der Waals surface area contributed by atoms with E-state index in [-0.39, 0.29) is 11.7 Å². The first-order valence-corrected chi connectivity index (χ1v) is 7.00. The van der Waals surface area contributed by atoms with Crippen LogP contribution in [0, 0.1) is 0 Å². The number of thioether (sulfide) groups is 1. The van der Waals surface area contributed by atoms with Crippen LogP contribution < -0.4 is 0 Å². The van der Waals surface area contributed by atoms with Gasteiger partial charge in [-0.25, -0.2) is 0 Å². The highest BCUT2D eigenvalue weighted by atomic mass is 32.3. The van der Waals surface area contributed by atoms with Crippen molar-refractivity contribution in [3.05, 3.63) is 0 Å². The first kappa shape index (κ1) is 11.2. The van der Waals surface area contributed by atoms with E-state index in [0.717, 1.165) is 6.42 Å². The minimum atomic E-state index is -2.31. The Morgan fingerprint density at radius 3 is 2.69 bits per heavy atom. The first-order chi connectivity index (χ1) is 5.99. The minimum absolute atomic E-state index is 0.153. The molecule has 4 nitrogen and oxygen atoms in total. The van der Waals surface area contributed by atoms with Gasteiger partial charge in [-0.2, -0.15) is 22.4 Å². The van der Waals surface area contributed by atoms with Crippen LogP contribution in [0.2, 0.25) is 0 Å². The number of carbonyl (C=O) groups is 1. The van der Waals surface area contributed by atoms with Gasteiger partial charge in [0, 0.05) is 22.5 Å². The summed E-state index contributed by atoms with van der Waals surface area (Å²) in [6, 6.07) is 0. The Balaban J connectivity index is 2.14. The van der Waals surface area contributed by atoms with E-state index in [0.29, 0.717) is 17.3 Å². The standard InChI is InChI=1S/C7H14O4S2/c8-7(9)1-3-12-6-2-4-13(10,11)5-6/h6,10-11H,1-5H2,(H,8,9)/t6-/m1/s1. The molecule has 0 aromatic heterocycles. The normalized spacial score (nSPS) is 28.6. The van der Waals surface area contributed by atoms with Gasteiger partial charge in [-0.15, -0.1) is 0 Å². The summed E-state index contributed by atoms with van der Waals surface area (Å²) in [6.45, 7) is 0. The zero-order chi connectivity index (χ0) is 9.90. The fourth-order valence-electron chi connectivity index (χ4n) is 1.23. The lowest BCUT2D eigenvalue weighted by Crippen LogP contribution is -2.06. The van der Waals surface area contributed by atoms with Gasteiger partial charge in [0.15, 0.2) is 0 Å². The van der Waals surface area contributed by atoms with Gasteiger partial charge in [-0.1, -0.05) is 0 Å². The maximum atomic E-state index is 10.2. The lowest BCUT2D eigenvalue weighted by Gasteiger charge is -2.25. The maximum Gasteiger partial charge on any atom is 0.304 e. The Morgan fingerprint density at radius 1 is 1.54 bits per heavy atom. The lowest BCUT2D eigenvalue weighted by atomic mass is 10.4. The molecule has 3 N–H and O–H groups in total. The highest BCUT2D eigenvalue weighted by Gasteiger charge is 2.28. The van der Waals surface area contributed by atoms with Crippen LogP contribution >= 0.6 is 22.4 Å². The molecule has 13 heavy (non-hydrogen) atoms. The number of aliphatic carboxylic acids is 1. The number of hydrogen-bond acceptors (Lipinski definition) is 4. The summed E-state index contributed by atoms with van der Waals surface area (Å²) >= 11 is 1.53. The molecule has 0 saturated carbocycles. The van der Waals surface area contributed by atoms with Crippen LogP contribution in [-0.4, -0.2) is 42.7 Å². The van der Waals surface area contributed by atoms with Crippen LogP contribution in [0.5, 0.6) is 0 Å². The Hall–Kier alpha value is 0.0900. The molecule has 0 aromatic carbocycles. The maximum absolute atomic E-state index is 10.2. The van der Waals surface area contributed by atoms with E-state index < -0.39 is 16.6 Å². The van der Waals surface area contributed by atoms with E-state index in [4.69, 9.17) is 5.11 Å². The molecule has 0 amide bonds. The molecule has 0 aliphatic carbocycles. The molecule has 1 rings (SSSR count). The minimum Gasteiger partial charge on any atom is -0.481 e. The van der Waals surface area contributed by atoms with Gasteiger partial charge in [-0.3, -0.25) is 13.9 Å². The van der Waals surface area contributed by atoms with Gasteiger partial charge in [-0.05, 0) is 6.42 Å². The quantitative estimate of drug-likeness (QED) is 0.680. The van der Waals surface area contributed by atoms with Crippen molar-refractivity contribution in [3.63, 3.8) is 0 Å². The molecule has 1 aliphatic rings. The fourth-order valence-corrected chi connectivity index (χ4v) is 4.92. The third kappa shape index (κ3) is 4.21. The van der Waals surface area contributed by atoms with E-state index >= 15 is 0 Å². The smallest absolute Gasteiger partial charge is 0.304 e. The third-order valence-electron chi connectivity index (χ3n) is 1.89. The second-order valence-electron chi connectivity index (χ2n) is 3.10. The molecule has 1 atom stereocenters. The number of carboxylic acid groups (broad SMARTS) is 1. The van der Waals surface area contributed by atoms with Crippen LogP contribution in [-0.2, 0) is 4.79 Å². The Bertz CT molecular complexity index is 195. The van der Waals surface area contributed by atoms with Crippen molar-refractivity contribution in [3.8, 4) is 0 Å². The van der Waals surface area contributed by atoms with E-state index in [1.54, 1.807) is 0 Å². The molecule has 0 unspecified atom stereocenters. The molecule has 1 saturated heterocycles. The molecular formula is C7H14O4S2. The lowest BCUT2D eigenvalue weighted by molar-refractivity contribution is -0.136. The van der Waals surface area contributed by atoms with Gasteiger partial charge < -0.3 is 5.11 Å². The summed E-state index contributed by atoms with van der Waals surface area (Å²) in [4.78, 5) is 10.2. The largest absolute Gasteiger partial charge is 0.481 e. The van der Waals surface area contributed by atoms with Crippen molar-refractivity contribution < 1.29 is 19.0 Å². The number of rotatable bonds is 4. The zero-order valence-electron chi connectivity index (χ0n) is 7.18. The molecule has 0 radical (unpaired) electrons. The molecule has 1 fully saturated rings. The molecule has 0 bridgehead atoms. The van der Waals surface area contributed by atoms with Crippen LogP contribution in [0.15, 0.2) is 0 Å². The summed E-state index contributed by atoms with van der Waals surface area (Å²) in [5, 5.41) is 8.62. The molecule has 1 heterocycles. The predicted octanol–water partition coefficient (Wildman–Crippen LogP) is 1.72. The van der Waals surface area contributed by atoms with E-state index in [1.165, 1.54) is 11.8 Å². The molecule has 0 spiro atoms. The Kier molecular flexibility index (Phi) is 3.90. The topological polar surface area (TPSA) is 77.8 Å². The van der Waals surface area contributed by atoms with Gasteiger partial charge in [0.25, 0.3) is 0 Å². The van der Waals surface area contributed by atoms with Gasteiger partial charge in [0.1, 0.15) is 0 Å². The molecule has 1 aliphatic heterocycles. The van der Waals surface area contributed by atoms with E-state index in [9.17, 15) is 13.9 Å².